The minimum absolute atomic E-state index is 0.0205. The molecule has 15 nitrogen and oxygen atoms in total. The van der Waals surface area contributed by atoms with E-state index in [1.54, 1.807) is 6.92 Å². The van der Waals surface area contributed by atoms with Crippen molar-refractivity contribution in [1.29, 1.82) is 5.26 Å². The first-order valence-corrected chi connectivity index (χ1v) is 14.4. The molecular formula is C26H34N5O10P. The topological polar surface area (TPSA) is 188 Å². The lowest BCUT2D eigenvalue weighted by Crippen LogP contribution is -2.37. The Kier molecular flexibility index (Phi) is 11.7. The van der Waals surface area contributed by atoms with Crippen LogP contribution in [0.3, 0.4) is 0 Å². The van der Waals surface area contributed by atoms with E-state index in [2.05, 4.69) is 4.98 Å². The number of nitro benzene ring substituents is 1. The van der Waals surface area contributed by atoms with Crippen LogP contribution in [-0.4, -0.2) is 62.8 Å². The monoisotopic (exact) mass is 607 g/mol. The Hall–Kier alpha value is -3.67. The second kappa shape index (κ2) is 15.0. The molecule has 228 valence electrons. The maximum atomic E-state index is 12.6. The number of benzene rings is 1. The van der Waals surface area contributed by atoms with Crippen LogP contribution in [0.2, 0.25) is 0 Å². The zero-order valence-corrected chi connectivity index (χ0v) is 24.8. The standard InChI is InChI=1S/C26H34N5O10P/c1-16(2)30(17(3)4)42(38-12-6-11-27)41-21-13-23(29-14-18(5)24(32)28-25(29)33)40-22(21)15-37-26(34)39-20-9-7-19(8-10-20)31(35)36/h7-10,14,16-17,21-23H,6,12-13,15H2,1-5H3,(H,28,32,33)/t21-,22+,23+,42?/m0/s1. The van der Waals surface area contributed by atoms with Crippen molar-refractivity contribution < 1.29 is 33.0 Å². The van der Waals surface area contributed by atoms with Gasteiger partial charge in [0.2, 0.25) is 0 Å². The molecule has 3 rings (SSSR count). The number of nitro groups is 1. The zero-order valence-electron chi connectivity index (χ0n) is 23.9. The van der Waals surface area contributed by atoms with Gasteiger partial charge in [0, 0.05) is 42.4 Å². The van der Waals surface area contributed by atoms with Gasteiger partial charge in [-0.25, -0.2) is 14.3 Å². The summed E-state index contributed by atoms with van der Waals surface area (Å²) >= 11 is 0. The van der Waals surface area contributed by atoms with Crippen LogP contribution in [0.25, 0.3) is 0 Å². The van der Waals surface area contributed by atoms with Crippen molar-refractivity contribution in [2.75, 3.05) is 13.2 Å². The number of hydrogen-bond acceptors (Lipinski definition) is 12. The minimum atomic E-state index is -1.70. The van der Waals surface area contributed by atoms with Gasteiger partial charge in [0.15, 0.2) is 0 Å². The number of nitriles is 1. The summed E-state index contributed by atoms with van der Waals surface area (Å²) in [7, 11) is -1.70. The molecule has 2 heterocycles. The molecule has 0 aliphatic carbocycles. The van der Waals surface area contributed by atoms with Crippen LogP contribution < -0.4 is 16.0 Å². The van der Waals surface area contributed by atoms with Crippen LogP contribution in [0, 0.1) is 28.4 Å². The van der Waals surface area contributed by atoms with Crippen molar-refractivity contribution in [2.45, 2.75) is 78.0 Å². The minimum Gasteiger partial charge on any atom is -0.431 e. The molecule has 4 atom stereocenters. The van der Waals surface area contributed by atoms with Gasteiger partial charge in [-0.3, -0.25) is 24.5 Å². The molecule has 0 saturated carbocycles. The smallest absolute Gasteiger partial charge is 0.431 e. The van der Waals surface area contributed by atoms with Gasteiger partial charge in [0.05, 0.1) is 30.1 Å². The molecule has 0 spiro atoms. The Morgan fingerprint density at radius 3 is 2.52 bits per heavy atom. The van der Waals surface area contributed by atoms with Crippen LogP contribution in [0.1, 0.15) is 52.3 Å². The molecule has 1 fully saturated rings. The van der Waals surface area contributed by atoms with Crippen molar-refractivity contribution in [3.8, 4) is 11.8 Å². The van der Waals surface area contributed by atoms with E-state index in [4.69, 9.17) is 28.5 Å². The van der Waals surface area contributed by atoms with Crippen molar-refractivity contribution >= 4 is 20.4 Å². The van der Waals surface area contributed by atoms with Gasteiger partial charge in [-0.15, -0.1) is 0 Å². The summed E-state index contributed by atoms with van der Waals surface area (Å²) in [5.74, 6) is 0.0396. The third-order valence-electron chi connectivity index (χ3n) is 6.14. The Morgan fingerprint density at radius 2 is 1.93 bits per heavy atom. The highest BCUT2D eigenvalue weighted by molar-refractivity contribution is 7.44. The summed E-state index contributed by atoms with van der Waals surface area (Å²) in [6.07, 6.45) is -1.84. The number of rotatable bonds is 13. The lowest BCUT2D eigenvalue weighted by Gasteiger charge is -2.37. The molecule has 1 aliphatic rings. The molecule has 1 N–H and O–H groups in total. The van der Waals surface area contributed by atoms with Crippen molar-refractivity contribution in [3.63, 3.8) is 0 Å². The SMILES string of the molecule is Cc1cn([C@H]2C[C@H](OP(OCCC#N)N(C(C)C)C(C)C)[C@@H](COC(=O)Oc3ccc([N+](=O)[O-])cc3)O2)c(=O)[nH]c1=O. The molecule has 1 aliphatic heterocycles. The van der Waals surface area contributed by atoms with E-state index in [-0.39, 0.29) is 49.6 Å². The van der Waals surface area contributed by atoms with Crippen LogP contribution in [-0.2, 0) is 18.5 Å². The van der Waals surface area contributed by atoms with E-state index in [0.29, 0.717) is 5.56 Å². The normalized spacial score (nSPS) is 19.2. The summed E-state index contributed by atoms with van der Waals surface area (Å²) in [5, 5.41) is 19.9. The summed E-state index contributed by atoms with van der Waals surface area (Å²) in [5.41, 5.74) is -1.06. The Balaban J connectivity index is 1.81. The number of H-pyrrole nitrogens is 1. The van der Waals surface area contributed by atoms with Gasteiger partial charge >= 0.3 is 11.8 Å². The highest BCUT2D eigenvalue weighted by atomic mass is 31.2. The number of ether oxygens (including phenoxy) is 3. The predicted octanol–water partition coefficient (Wildman–Crippen LogP) is 3.92. The second-order valence-corrected chi connectivity index (χ2v) is 11.4. The van der Waals surface area contributed by atoms with Crippen LogP contribution >= 0.6 is 8.53 Å². The molecule has 0 radical (unpaired) electrons. The Bertz CT molecular complexity index is 1380. The highest BCUT2D eigenvalue weighted by Crippen LogP contribution is 2.50. The number of carbonyl (C=O) groups excluding carboxylic acids is 1. The quantitative estimate of drug-likeness (QED) is 0.0864. The summed E-state index contributed by atoms with van der Waals surface area (Å²) in [6, 6.07) is 6.98. The number of nitrogens with zero attached hydrogens (tertiary/aromatic N) is 4. The molecule has 16 heteroatoms. The fourth-order valence-electron chi connectivity index (χ4n) is 4.25. The molecular weight excluding hydrogens is 573 g/mol. The van der Waals surface area contributed by atoms with Crippen LogP contribution in [0.5, 0.6) is 5.75 Å². The maximum Gasteiger partial charge on any atom is 0.513 e. The summed E-state index contributed by atoms with van der Waals surface area (Å²) < 4.78 is 32.2. The average Bonchev–Trinajstić information content (AvgIpc) is 3.31. The third-order valence-corrected chi connectivity index (χ3v) is 8.29. The number of aryl methyl sites for hydroxylation is 1. The van der Waals surface area contributed by atoms with Gasteiger partial charge in [-0.05, 0) is 46.8 Å². The number of nitrogens with one attached hydrogen (secondary N) is 1. The molecule has 1 saturated heterocycles. The number of carbonyl (C=O) groups is 1. The highest BCUT2D eigenvalue weighted by Gasteiger charge is 2.42. The first-order chi connectivity index (χ1) is 19.9. The maximum absolute atomic E-state index is 12.6. The second-order valence-electron chi connectivity index (χ2n) is 9.95. The molecule has 42 heavy (non-hydrogen) atoms. The fraction of sp³-hybridized carbons (Fsp3) is 0.538. The van der Waals surface area contributed by atoms with Crippen LogP contribution in [0.4, 0.5) is 10.5 Å². The fourth-order valence-corrected chi connectivity index (χ4v) is 6.01. The van der Waals surface area contributed by atoms with E-state index in [0.717, 1.165) is 0 Å². The van der Waals surface area contributed by atoms with E-state index in [1.807, 2.05) is 38.4 Å². The first kappa shape index (κ1) is 32.8. The lowest BCUT2D eigenvalue weighted by atomic mass is 10.2. The van der Waals surface area contributed by atoms with Crippen molar-refractivity contribution in [2.24, 2.45) is 0 Å². The molecule has 1 unspecified atom stereocenters. The Morgan fingerprint density at radius 1 is 1.26 bits per heavy atom. The summed E-state index contributed by atoms with van der Waals surface area (Å²) in [6.45, 7) is 9.30. The molecule has 0 bridgehead atoms. The molecule has 0 amide bonds. The Labute approximate surface area is 243 Å². The first-order valence-electron chi connectivity index (χ1n) is 13.2. The van der Waals surface area contributed by atoms with E-state index in [9.17, 15) is 24.5 Å². The van der Waals surface area contributed by atoms with E-state index < -0.39 is 49.3 Å². The molecule has 1 aromatic carbocycles. The molecule has 2 aromatic rings. The van der Waals surface area contributed by atoms with E-state index >= 15 is 0 Å². The number of aromatic nitrogens is 2. The zero-order chi connectivity index (χ0) is 31.0. The van der Waals surface area contributed by atoms with Crippen LogP contribution in [0.15, 0.2) is 40.1 Å². The number of aromatic amines is 1. The number of non-ortho nitro benzene ring substituents is 1. The van der Waals surface area contributed by atoms with Crippen molar-refractivity contribution in [1.82, 2.24) is 14.2 Å². The van der Waals surface area contributed by atoms with Gasteiger partial charge in [-0.1, -0.05) is 0 Å². The molecule has 1 aromatic heterocycles. The van der Waals surface area contributed by atoms with Gasteiger partial charge < -0.3 is 23.3 Å². The average molecular weight is 608 g/mol. The number of hydrogen-bond donors (Lipinski definition) is 1. The third kappa shape index (κ3) is 8.67. The van der Waals surface area contributed by atoms with Gasteiger partial charge in [0.1, 0.15) is 24.7 Å². The van der Waals surface area contributed by atoms with E-state index in [1.165, 1.54) is 35.0 Å². The largest absolute Gasteiger partial charge is 0.513 e. The van der Waals surface area contributed by atoms with Gasteiger partial charge in [0.25, 0.3) is 19.8 Å². The lowest BCUT2D eigenvalue weighted by molar-refractivity contribution is -0.384. The van der Waals surface area contributed by atoms with Crippen molar-refractivity contribution in [3.05, 3.63) is 67.0 Å². The predicted molar refractivity (Wildman–Crippen MR) is 150 cm³/mol. The summed E-state index contributed by atoms with van der Waals surface area (Å²) in [4.78, 5) is 49.5. The van der Waals surface area contributed by atoms with Gasteiger partial charge in [-0.2, -0.15) is 5.26 Å².